The number of morpholine rings is 1. The van der Waals surface area contributed by atoms with E-state index in [1.54, 1.807) is 36.4 Å². The molecule has 1 saturated heterocycles. The van der Waals surface area contributed by atoms with Crippen LogP contribution in [0, 0.1) is 6.92 Å². The molecule has 32 heavy (non-hydrogen) atoms. The molecule has 1 atom stereocenters. The molecule has 3 aromatic rings. The van der Waals surface area contributed by atoms with Crippen LogP contribution in [0.25, 0.3) is 0 Å². The topological polar surface area (TPSA) is 72.9 Å². The molecule has 7 heteroatoms. The third-order valence-electron chi connectivity index (χ3n) is 5.39. The maximum Gasteiger partial charge on any atom is 0.339 e. The van der Waals surface area contributed by atoms with Crippen LogP contribution in [0.5, 0.6) is 5.75 Å². The maximum absolute atomic E-state index is 12.9. The van der Waals surface area contributed by atoms with Gasteiger partial charge in [-0.25, -0.2) is 0 Å². The summed E-state index contributed by atoms with van der Waals surface area (Å²) in [7, 11) is -3.93. The van der Waals surface area contributed by atoms with Gasteiger partial charge in [0, 0.05) is 13.1 Å². The van der Waals surface area contributed by atoms with Crippen molar-refractivity contribution in [2.75, 3.05) is 19.7 Å². The number of hydrogen-bond donors (Lipinski definition) is 0. The summed E-state index contributed by atoms with van der Waals surface area (Å²) in [6.07, 6.45) is 0.0745. The van der Waals surface area contributed by atoms with Gasteiger partial charge in [0.1, 0.15) is 10.6 Å². The number of nitrogens with zero attached hydrogens (tertiary/aromatic N) is 1. The van der Waals surface area contributed by atoms with Crippen LogP contribution in [0.15, 0.2) is 83.8 Å². The molecule has 0 bridgehead atoms. The van der Waals surface area contributed by atoms with E-state index < -0.39 is 16.2 Å². The fourth-order valence-electron chi connectivity index (χ4n) is 3.58. The Balaban J connectivity index is 1.41. The van der Waals surface area contributed by atoms with E-state index in [2.05, 4.69) is 0 Å². The number of carbonyl (C=O) groups is 1. The highest BCUT2D eigenvalue weighted by molar-refractivity contribution is 7.87. The molecule has 0 N–H and O–H groups in total. The lowest BCUT2D eigenvalue weighted by Crippen LogP contribution is -2.44. The molecular weight excluding hydrogens is 426 g/mol. The van der Waals surface area contributed by atoms with Gasteiger partial charge in [-0.05, 0) is 48.7 Å². The second kappa shape index (κ2) is 9.54. The van der Waals surface area contributed by atoms with Crippen LogP contribution in [0.3, 0.4) is 0 Å². The summed E-state index contributed by atoms with van der Waals surface area (Å²) >= 11 is 0. The minimum Gasteiger partial charge on any atom is -0.379 e. The smallest absolute Gasteiger partial charge is 0.339 e. The van der Waals surface area contributed by atoms with Gasteiger partial charge in [-0.2, -0.15) is 8.42 Å². The highest BCUT2D eigenvalue weighted by atomic mass is 32.2. The van der Waals surface area contributed by atoms with Crippen LogP contribution < -0.4 is 4.18 Å². The SMILES string of the molecule is Cc1ccc(S(=O)(=O)Oc2ccc(C3OCCN(CCc4ccccc4)C3=O)cc2)cc1. The Morgan fingerprint density at radius 1 is 0.969 bits per heavy atom. The van der Waals surface area contributed by atoms with Gasteiger partial charge >= 0.3 is 10.1 Å². The van der Waals surface area contributed by atoms with Gasteiger partial charge < -0.3 is 13.8 Å². The highest BCUT2D eigenvalue weighted by Crippen LogP contribution is 2.27. The highest BCUT2D eigenvalue weighted by Gasteiger charge is 2.30. The minimum atomic E-state index is -3.93. The lowest BCUT2D eigenvalue weighted by Gasteiger charge is -2.32. The van der Waals surface area contributed by atoms with Crippen molar-refractivity contribution in [3.63, 3.8) is 0 Å². The Morgan fingerprint density at radius 2 is 1.66 bits per heavy atom. The van der Waals surface area contributed by atoms with E-state index in [-0.39, 0.29) is 16.6 Å². The minimum absolute atomic E-state index is 0.0897. The lowest BCUT2D eigenvalue weighted by atomic mass is 10.1. The molecule has 4 rings (SSSR count). The monoisotopic (exact) mass is 451 g/mol. The van der Waals surface area contributed by atoms with E-state index in [1.807, 2.05) is 42.2 Å². The molecule has 1 aliphatic heterocycles. The molecule has 1 amide bonds. The van der Waals surface area contributed by atoms with Gasteiger partial charge in [-0.1, -0.05) is 60.2 Å². The summed E-state index contributed by atoms with van der Waals surface area (Å²) in [5.74, 6) is 0.0895. The van der Waals surface area contributed by atoms with Crippen molar-refractivity contribution >= 4 is 16.0 Å². The molecule has 6 nitrogen and oxygen atoms in total. The molecule has 1 aliphatic rings. The fraction of sp³-hybridized carbons (Fsp3) is 0.240. The number of benzene rings is 3. The number of aryl methyl sites for hydroxylation is 1. The van der Waals surface area contributed by atoms with E-state index in [4.69, 9.17) is 8.92 Å². The first-order valence-electron chi connectivity index (χ1n) is 10.5. The summed E-state index contributed by atoms with van der Waals surface area (Å²) in [4.78, 5) is 14.8. The third-order valence-corrected chi connectivity index (χ3v) is 6.65. The van der Waals surface area contributed by atoms with Crippen molar-refractivity contribution in [3.8, 4) is 5.75 Å². The van der Waals surface area contributed by atoms with Gasteiger partial charge in [0.2, 0.25) is 0 Å². The first kappa shape index (κ1) is 22.0. The van der Waals surface area contributed by atoms with Crippen molar-refractivity contribution < 1.29 is 22.1 Å². The van der Waals surface area contributed by atoms with E-state index in [9.17, 15) is 13.2 Å². The standard InChI is InChI=1S/C25H25NO5S/c1-19-7-13-23(14-8-19)32(28,29)31-22-11-9-21(10-12-22)24-25(27)26(17-18-30-24)16-15-20-5-3-2-4-6-20/h2-14,24H,15-18H2,1H3. The molecule has 166 valence electrons. The fourth-order valence-corrected chi connectivity index (χ4v) is 4.51. The maximum atomic E-state index is 12.9. The summed E-state index contributed by atoms with van der Waals surface area (Å²) in [6.45, 7) is 3.51. The summed E-state index contributed by atoms with van der Waals surface area (Å²) in [5.41, 5.74) is 2.81. The van der Waals surface area contributed by atoms with Gasteiger partial charge in [0.15, 0.2) is 6.10 Å². The molecule has 3 aromatic carbocycles. The molecule has 1 heterocycles. The van der Waals surface area contributed by atoms with Crippen molar-refractivity contribution in [1.29, 1.82) is 0 Å². The van der Waals surface area contributed by atoms with Crippen LogP contribution in [0.4, 0.5) is 0 Å². The zero-order chi connectivity index (χ0) is 22.6. The van der Waals surface area contributed by atoms with E-state index >= 15 is 0 Å². The number of amides is 1. The van der Waals surface area contributed by atoms with Gasteiger partial charge in [-0.15, -0.1) is 0 Å². The Kier molecular flexibility index (Phi) is 6.58. The molecule has 0 saturated carbocycles. The summed E-state index contributed by atoms with van der Waals surface area (Å²) in [6, 6.07) is 22.9. The largest absolute Gasteiger partial charge is 0.379 e. The van der Waals surface area contributed by atoms with Gasteiger partial charge in [-0.3, -0.25) is 4.79 Å². The van der Waals surface area contributed by atoms with Crippen LogP contribution in [0.1, 0.15) is 22.8 Å². The van der Waals surface area contributed by atoms with Crippen LogP contribution >= 0.6 is 0 Å². The average Bonchev–Trinajstić information content (AvgIpc) is 2.80. The Bertz CT molecular complexity index is 1160. The molecule has 0 aliphatic carbocycles. The van der Waals surface area contributed by atoms with E-state index in [0.29, 0.717) is 25.3 Å². The number of ether oxygens (including phenoxy) is 1. The zero-order valence-electron chi connectivity index (χ0n) is 17.8. The molecule has 1 unspecified atom stereocenters. The van der Waals surface area contributed by atoms with Crippen molar-refractivity contribution in [1.82, 2.24) is 4.90 Å². The summed E-state index contributed by atoms with van der Waals surface area (Å²) in [5, 5.41) is 0. The quantitative estimate of drug-likeness (QED) is 0.510. The van der Waals surface area contributed by atoms with Crippen molar-refractivity contribution in [2.24, 2.45) is 0 Å². The second-order valence-electron chi connectivity index (χ2n) is 7.73. The van der Waals surface area contributed by atoms with Crippen molar-refractivity contribution in [3.05, 3.63) is 95.6 Å². The Hall–Kier alpha value is -3.16. The third kappa shape index (κ3) is 5.18. The van der Waals surface area contributed by atoms with Gasteiger partial charge in [0.25, 0.3) is 5.91 Å². The second-order valence-corrected chi connectivity index (χ2v) is 9.28. The molecule has 0 aromatic heterocycles. The Labute approximate surface area is 188 Å². The molecule has 0 spiro atoms. The first-order chi connectivity index (χ1) is 15.4. The Morgan fingerprint density at radius 3 is 2.34 bits per heavy atom. The average molecular weight is 452 g/mol. The molecular formula is C25H25NO5S. The molecule has 0 radical (unpaired) electrons. The van der Waals surface area contributed by atoms with E-state index in [0.717, 1.165) is 12.0 Å². The zero-order valence-corrected chi connectivity index (χ0v) is 18.6. The molecule has 1 fully saturated rings. The van der Waals surface area contributed by atoms with Crippen LogP contribution in [-0.4, -0.2) is 38.9 Å². The normalized spacial score (nSPS) is 16.7. The van der Waals surface area contributed by atoms with E-state index in [1.165, 1.54) is 17.7 Å². The first-order valence-corrected chi connectivity index (χ1v) is 11.9. The number of carbonyl (C=O) groups excluding carboxylic acids is 1. The van der Waals surface area contributed by atoms with Crippen LogP contribution in [-0.2, 0) is 26.1 Å². The van der Waals surface area contributed by atoms with Crippen molar-refractivity contribution in [2.45, 2.75) is 24.3 Å². The lowest BCUT2D eigenvalue weighted by molar-refractivity contribution is -0.153. The van der Waals surface area contributed by atoms with Crippen LogP contribution in [0.2, 0.25) is 0 Å². The summed E-state index contributed by atoms with van der Waals surface area (Å²) < 4.78 is 35.9. The van der Waals surface area contributed by atoms with Gasteiger partial charge in [0.05, 0.1) is 6.61 Å². The predicted octanol–water partition coefficient (Wildman–Crippen LogP) is 3.91. The number of rotatable bonds is 7. The number of hydrogen-bond acceptors (Lipinski definition) is 5. The predicted molar refractivity (Wildman–Crippen MR) is 121 cm³/mol.